The van der Waals surface area contributed by atoms with Gasteiger partial charge in [0.25, 0.3) is 0 Å². The average Bonchev–Trinajstić information content (AvgIpc) is 3.14. The molecular weight excluding hydrogens is 487 g/mol. The molecule has 0 spiro atoms. The van der Waals surface area contributed by atoms with Crippen molar-refractivity contribution in [2.24, 2.45) is 0 Å². The predicted molar refractivity (Wildman–Crippen MR) is 130 cm³/mol. The second-order valence-electron chi connectivity index (χ2n) is 6.65. The maximum absolute atomic E-state index is 12.9. The van der Waals surface area contributed by atoms with Gasteiger partial charge in [-0.25, -0.2) is 4.98 Å². The third kappa shape index (κ3) is 4.99. The van der Waals surface area contributed by atoms with Crippen LogP contribution in [-0.4, -0.2) is 20.0 Å². The Morgan fingerprint density at radius 2 is 1.69 bits per heavy atom. The van der Waals surface area contributed by atoms with Gasteiger partial charge >= 0.3 is 0 Å². The van der Waals surface area contributed by atoms with Gasteiger partial charge in [0, 0.05) is 23.0 Å². The highest BCUT2D eigenvalue weighted by molar-refractivity contribution is 7.84. The topological polar surface area (TPSA) is 98.0 Å². The van der Waals surface area contributed by atoms with Gasteiger partial charge < -0.3 is 11.1 Å². The van der Waals surface area contributed by atoms with E-state index in [0.717, 1.165) is 22.6 Å². The van der Waals surface area contributed by atoms with Crippen molar-refractivity contribution in [3.8, 4) is 0 Å². The Morgan fingerprint density at radius 3 is 2.34 bits per heavy atom. The fraction of sp³-hybridized carbons (Fsp3) is 0.0455. The van der Waals surface area contributed by atoms with E-state index in [4.69, 9.17) is 28.9 Å². The minimum Gasteiger partial charge on any atom is -0.382 e. The van der Waals surface area contributed by atoms with Crippen LogP contribution in [0.4, 0.5) is 16.6 Å². The van der Waals surface area contributed by atoms with Crippen LogP contribution in [0.15, 0.2) is 71.9 Å². The van der Waals surface area contributed by atoms with Crippen molar-refractivity contribution in [2.75, 3.05) is 11.1 Å². The average molecular weight is 503 g/mol. The molecule has 0 saturated carbocycles. The van der Waals surface area contributed by atoms with Crippen LogP contribution in [0.3, 0.4) is 0 Å². The quantitative estimate of drug-likeness (QED) is 0.314. The number of halogens is 2. The van der Waals surface area contributed by atoms with Crippen LogP contribution in [0.5, 0.6) is 0 Å². The first-order chi connectivity index (χ1) is 15.4. The number of nitrogens with zero attached hydrogens (tertiary/aromatic N) is 2. The van der Waals surface area contributed by atoms with E-state index in [2.05, 4.69) is 15.3 Å². The Bertz CT molecular complexity index is 1280. The van der Waals surface area contributed by atoms with Gasteiger partial charge in [-0.15, -0.1) is 0 Å². The van der Waals surface area contributed by atoms with Gasteiger partial charge in [-0.1, -0.05) is 40.6 Å². The molecule has 1 unspecified atom stereocenters. The monoisotopic (exact) mass is 502 g/mol. The number of nitrogens with two attached hydrogens (primary N) is 1. The fourth-order valence-electron chi connectivity index (χ4n) is 2.90. The van der Waals surface area contributed by atoms with Crippen molar-refractivity contribution in [2.45, 2.75) is 10.6 Å². The molecule has 0 aliphatic carbocycles. The first-order valence-electron chi connectivity index (χ1n) is 9.32. The van der Waals surface area contributed by atoms with Crippen molar-refractivity contribution in [3.05, 3.63) is 93.0 Å². The van der Waals surface area contributed by atoms with E-state index < -0.39 is 10.8 Å². The van der Waals surface area contributed by atoms with Gasteiger partial charge in [0.2, 0.25) is 5.78 Å². The highest BCUT2D eigenvalue weighted by Gasteiger charge is 2.22. The molecule has 0 amide bonds. The van der Waals surface area contributed by atoms with E-state index in [9.17, 15) is 9.00 Å². The minimum absolute atomic E-state index is 0.0913. The lowest BCUT2D eigenvalue weighted by Crippen LogP contribution is -2.04. The summed E-state index contributed by atoms with van der Waals surface area (Å²) in [6.45, 7) is 0. The summed E-state index contributed by atoms with van der Waals surface area (Å²) in [6.07, 6.45) is 3.36. The van der Waals surface area contributed by atoms with E-state index >= 15 is 0 Å². The van der Waals surface area contributed by atoms with Crippen molar-refractivity contribution in [3.63, 3.8) is 0 Å². The van der Waals surface area contributed by atoms with Crippen LogP contribution >= 0.6 is 34.5 Å². The number of anilines is 3. The number of ketones is 1. The molecule has 10 heteroatoms. The number of aromatic nitrogens is 2. The number of pyridine rings is 1. The summed E-state index contributed by atoms with van der Waals surface area (Å²) in [5.41, 5.74) is 7.85. The van der Waals surface area contributed by atoms with Crippen LogP contribution in [0.2, 0.25) is 10.0 Å². The van der Waals surface area contributed by atoms with E-state index in [0.29, 0.717) is 15.8 Å². The van der Waals surface area contributed by atoms with Crippen LogP contribution < -0.4 is 11.1 Å². The van der Waals surface area contributed by atoms with Crippen LogP contribution in [-0.2, 0) is 16.6 Å². The van der Waals surface area contributed by atoms with E-state index in [1.165, 1.54) is 0 Å². The molecule has 2 aromatic heterocycles. The molecule has 32 heavy (non-hydrogen) atoms. The summed E-state index contributed by atoms with van der Waals surface area (Å²) in [7, 11) is -1.18. The Labute approximate surface area is 200 Å². The number of rotatable bonds is 7. The Hall–Kier alpha value is -2.78. The van der Waals surface area contributed by atoms with Crippen molar-refractivity contribution in [1.29, 1.82) is 0 Å². The zero-order valence-electron chi connectivity index (χ0n) is 16.4. The lowest BCUT2D eigenvalue weighted by atomic mass is 10.1. The SMILES string of the molecule is Nc1nc(Nc2ccc(S(=O)Cc3ccncc3)cc2)sc1C(=O)c1c(Cl)cccc1Cl. The lowest BCUT2D eigenvalue weighted by molar-refractivity contribution is 0.104. The number of carbonyl (C=O) groups excluding carboxylic acids is 1. The molecule has 6 nitrogen and oxygen atoms in total. The number of hydrogen-bond donors (Lipinski definition) is 2. The Morgan fingerprint density at radius 1 is 1.03 bits per heavy atom. The molecule has 2 heterocycles. The van der Waals surface area contributed by atoms with Crippen LogP contribution in [0.25, 0.3) is 0 Å². The summed E-state index contributed by atoms with van der Waals surface area (Å²) in [5, 5.41) is 4.06. The van der Waals surface area contributed by atoms with Gasteiger partial charge in [0.1, 0.15) is 10.7 Å². The molecule has 0 aliphatic rings. The summed E-state index contributed by atoms with van der Waals surface area (Å²) in [5.74, 6) is 0.119. The number of benzene rings is 2. The third-order valence-electron chi connectivity index (χ3n) is 4.47. The molecular formula is C22H16Cl2N4O2S2. The van der Waals surface area contributed by atoms with E-state index in [1.807, 2.05) is 12.1 Å². The summed E-state index contributed by atoms with van der Waals surface area (Å²) < 4.78 is 12.6. The number of thiazole rings is 1. The summed E-state index contributed by atoms with van der Waals surface area (Å²) >= 11 is 13.4. The molecule has 0 bridgehead atoms. The molecule has 4 rings (SSSR count). The minimum atomic E-state index is -1.18. The predicted octanol–water partition coefficient (Wildman–Crippen LogP) is 5.71. The standard InChI is InChI=1S/C22H16Cl2N4O2S2/c23-16-2-1-3-17(24)18(16)19(29)20-21(25)28-22(31-20)27-14-4-6-15(7-5-14)32(30)12-13-8-10-26-11-9-13/h1-11H,12,25H2,(H,27,28). The largest absolute Gasteiger partial charge is 0.382 e. The van der Waals surface area contributed by atoms with E-state index in [1.54, 1.807) is 54.9 Å². The fourth-order valence-corrected chi connectivity index (χ4v) is 5.43. The number of carbonyl (C=O) groups is 1. The first kappa shape index (κ1) is 22.4. The maximum Gasteiger partial charge on any atom is 0.209 e. The molecule has 2 aromatic carbocycles. The Balaban J connectivity index is 1.48. The highest BCUT2D eigenvalue weighted by atomic mass is 35.5. The third-order valence-corrected chi connectivity index (χ3v) is 7.47. The molecule has 0 saturated heterocycles. The Kier molecular flexibility index (Phi) is 6.86. The zero-order valence-corrected chi connectivity index (χ0v) is 19.6. The maximum atomic E-state index is 12.9. The smallest absolute Gasteiger partial charge is 0.209 e. The highest BCUT2D eigenvalue weighted by Crippen LogP contribution is 2.34. The summed E-state index contributed by atoms with van der Waals surface area (Å²) in [6, 6.07) is 15.7. The van der Waals surface area contributed by atoms with Gasteiger partial charge in [-0.05, 0) is 54.1 Å². The summed E-state index contributed by atoms with van der Waals surface area (Å²) in [4.78, 5) is 22.1. The van der Waals surface area contributed by atoms with Gasteiger partial charge in [-0.3, -0.25) is 14.0 Å². The number of hydrogen-bond acceptors (Lipinski definition) is 7. The molecule has 0 radical (unpaired) electrons. The molecule has 0 aliphatic heterocycles. The number of nitrogens with one attached hydrogen (secondary N) is 1. The van der Waals surface area contributed by atoms with Crippen LogP contribution in [0.1, 0.15) is 20.8 Å². The first-order valence-corrected chi connectivity index (χ1v) is 12.2. The van der Waals surface area contributed by atoms with Gasteiger partial charge in [0.05, 0.1) is 32.2 Å². The van der Waals surface area contributed by atoms with Crippen molar-refractivity contribution < 1.29 is 9.00 Å². The molecule has 3 N–H and O–H groups in total. The second-order valence-corrected chi connectivity index (χ2v) is 9.92. The van der Waals surface area contributed by atoms with E-state index in [-0.39, 0.29) is 32.1 Å². The second kappa shape index (κ2) is 9.79. The van der Waals surface area contributed by atoms with Crippen LogP contribution in [0, 0.1) is 0 Å². The number of nitrogen functional groups attached to an aromatic ring is 1. The molecule has 1 atom stereocenters. The van der Waals surface area contributed by atoms with Gasteiger partial charge in [0.15, 0.2) is 5.13 Å². The molecule has 162 valence electrons. The van der Waals surface area contributed by atoms with Crippen molar-refractivity contribution in [1.82, 2.24) is 9.97 Å². The zero-order chi connectivity index (χ0) is 22.7. The lowest BCUT2D eigenvalue weighted by Gasteiger charge is -2.06. The molecule has 4 aromatic rings. The molecule has 0 fully saturated rings. The normalized spacial score (nSPS) is 11.8. The van der Waals surface area contributed by atoms with Crippen molar-refractivity contribution >= 4 is 67.8 Å². The van der Waals surface area contributed by atoms with Gasteiger partial charge in [-0.2, -0.15) is 0 Å².